The van der Waals surface area contributed by atoms with Gasteiger partial charge in [0.25, 0.3) is 0 Å². The summed E-state index contributed by atoms with van der Waals surface area (Å²) in [4.78, 5) is 25.5. The molecule has 112 valence electrons. The monoisotopic (exact) mass is 291 g/mol. The van der Waals surface area contributed by atoms with Crippen molar-refractivity contribution in [1.29, 1.82) is 0 Å². The largest absolute Gasteiger partial charge is 0.346 e. The van der Waals surface area contributed by atoms with Crippen molar-refractivity contribution in [3.05, 3.63) is 0 Å². The Morgan fingerprint density at radius 1 is 1.37 bits per heavy atom. The average molecular weight is 292 g/mol. The minimum atomic E-state index is -0.548. The number of hydrogen-bond acceptors (Lipinski definition) is 3. The summed E-state index contributed by atoms with van der Waals surface area (Å²) < 4.78 is 0. The van der Waals surface area contributed by atoms with Gasteiger partial charge in [0.1, 0.15) is 0 Å². The van der Waals surface area contributed by atoms with Gasteiger partial charge in [-0.15, -0.1) is 12.4 Å². The van der Waals surface area contributed by atoms with Gasteiger partial charge in [0.15, 0.2) is 0 Å². The highest BCUT2D eigenvalue weighted by molar-refractivity contribution is 5.87. The SMILES string of the molecule is CC1CC(C)N(C(=O)CNC(=O)[C@@H](N)C(C)C)C1.Cl. The molecule has 5 nitrogen and oxygen atoms in total. The van der Waals surface area contributed by atoms with Gasteiger partial charge in [0.2, 0.25) is 11.8 Å². The smallest absolute Gasteiger partial charge is 0.242 e. The van der Waals surface area contributed by atoms with Crippen LogP contribution in [0.3, 0.4) is 0 Å². The maximum Gasteiger partial charge on any atom is 0.242 e. The van der Waals surface area contributed by atoms with Gasteiger partial charge in [0, 0.05) is 12.6 Å². The number of nitrogens with zero attached hydrogens (tertiary/aromatic N) is 1. The van der Waals surface area contributed by atoms with Crippen LogP contribution in [0.15, 0.2) is 0 Å². The number of rotatable bonds is 4. The summed E-state index contributed by atoms with van der Waals surface area (Å²) in [5.74, 6) is 0.345. The lowest BCUT2D eigenvalue weighted by Gasteiger charge is -2.22. The van der Waals surface area contributed by atoms with Crippen LogP contribution in [0.25, 0.3) is 0 Å². The standard InChI is InChI=1S/C13H25N3O2.ClH/c1-8(2)12(14)13(18)15-6-11(17)16-7-9(3)5-10(16)4;/h8-10,12H,5-7,14H2,1-4H3,(H,15,18);1H/t9?,10?,12-;/m0./s1. The number of nitrogens with one attached hydrogen (secondary N) is 1. The van der Waals surface area contributed by atoms with Crippen molar-refractivity contribution in [2.24, 2.45) is 17.6 Å². The van der Waals surface area contributed by atoms with E-state index in [4.69, 9.17) is 5.73 Å². The number of nitrogens with two attached hydrogens (primary N) is 1. The fraction of sp³-hybridized carbons (Fsp3) is 0.846. The first-order chi connectivity index (χ1) is 8.32. The van der Waals surface area contributed by atoms with E-state index in [1.54, 1.807) is 0 Å². The second-order valence-electron chi connectivity index (χ2n) is 5.72. The zero-order valence-corrected chi connectivity index (χ0v) is 13.0. The molecule has 0 radical (unpaired) electrons. The second kappa shape index (κ2) is 7.70. The van der Waals surface area contributed by atoms with Gasteiger partial charge >= 0.3 is 0 Å². The number of halogens is 1. The molecule has 2 unspecified atom stereocenters. The minimum Gasteiger partial charge on any atom is -0.346 e. The lowest BCUT2D eigenvalue weighted by molar-refractivity contribution is -0.133. The summed E-state index contributed by atoms with van der Waals surface area (Å²) in [5, 5.41) is 2.62. The van der Waals surface area contributed by atoms with Crippen LogP contribution < -0.4 is 11.1 Å². The van der Waals surface area contributed by atoms with Gasteiger partial charge in [-0.3, -0.25) is 9.59 Å². The number of amides is 2. The highest BCUT2D eigenvalue weighted by atomic mass is 35.5. The van der Waals surface area contributed by atoms with E-state index < -0.39 is 6.04 Å². The highest BCUT2D eigenvalue weighted by Gasteiger charge is 2.30. The molecule has 1 saturated heterocycles. The molecule has 0 aromatic carbocycles. The Morgan fingerprint density at radius 3 is 2.37 bits per heavy atom. The molecule has 6 heteroatoms. The van der Waals surface area contributed by atoms with E-state index in [1.807, 2.05) is 25.7 Å². The maximum atomic E-state index is 12.0. The number of carbonyl (C=O) groups excluding carboxylic acids is 2. The zero-order valence-electron chi connectivity index (χ0n) is 12.2. The Hall–Kier alpha value is -0.810. The molecule has 0 saturated carbocycles. The fourth-order valence-electron chi connectivity index (χ4n) is 2.33. The molecule has 1 fully saturated rings. The van der Waals surface area contributed by atoms with Gasteiger partial charge in [-0.25, -0.2) is 0 Å². The van der Waals surface area contributed by atoms with Gasteiger partial charge in [0.05, 0.1) is 12.6 Å². The third-order valence-corrected chi connectivity index (χ3v) is 3.54. The first-order valence-electron chi connectivity index (χ1n) is 6.65. The minimum absolute atomic E-state index is 0. The summed E-state index contributed by atoms with van der Waals surface area (Å²) in [6.07, 6.45) is 1.03. The Bertz CT molecular complexity index is 323. The molecule has 0 bridgehead atoms. The lowest BCUT2D eigenvalue weighted by Crippen LogP contribution is -2.48. The van der Waals surface area contributed by atoms with Crippen LogP contribution in [0.1, 0.15) is 34.1 Å². The van der Waals surface area contributed by atoms with Crippen LogP contribution in [0.5, 0.6) is 0 Å². The zero-order chi connectivity index (χ0) is 13.9. The third-order valence-electron chi connectivity index (χ3n) is 3.54. The van der Waals surface area contributed by atoms with Gasteiger partial charge in [-0.1, -0.05) is 20.8 Å². The van der Waals surface area contributed by atoms with E-state index in [9.17, 15) is 9.59 Å². The van der Waals surface area contributed by atoms with Crippen LogP contribution in [0.4, 0.5) is 0 Å². The van der Waals surface area contributed by atoms with E-state index >= 15 is 0 Å². The van der Waals surface area contributed by atoms with Crippen molar-refractivity contribution in [2.75, 3.05) is 13.1 Å². The summed E-state index contributed by atoms with van der Waals surface area (Å²) in [6.45, 7) is 8.79. The molecule has 0 aromatic rings. The molecule has 19 heavy (non-hydrogen) atoms. The van der Waals surface area contributed by atoms with Crippen LogP contribution in [0.2, 0.25) is 0 Å². The summed E-state index contributed by atoms with van der Waals surface area (Å²) in [6, 6.07) is -0.282. The Balaban J connectivity index is 0.00000324. The predicted octanol–water partition coefficient (Wildman–Crippen LogP) is 0.765. The highest BCUT2D eigenvalue weighted by Crippen LogP contribution is 2.21. The van der Waals surface area contributed by atoms with Crippen LogP contribution >= 0.6 is 12.4 Å². The molecule has 0 aromatic heterocycles. The Labute approximate surface area is 121 Å². The third kappa shape index (κ3) is 4.99. The normalized spacial score (nSPS) is 24.0. The molecule has 3 N–H and O–H groups in total. The molecule has 2 amide bonds. The van der Waals surface area contributed by atoms with E-state index in [2.05, 4.69) is 12.2 Å². The van der Waals surface area contributed by atoms with Gasteiger partial charge in [-0.05, 0) is 25.2 Å². The van der Waals surface area contributed by atoms with Gasteiger partial charge in [-0.2, -0.15) is 0 Å². The van der Waals surface area contributed by atoms with Crippen molar-refractivity contribution in [2.45, 2.75) is 46.2 Å². The number of carbonyl (C=O) groups is 2. The molecule has 1 aliphatic rings. The Kier molecular flexibility index (Phi) is 7.37. The van der Waals surface area contributed by atoms with Crippen molar-refractivity contribution in [3.8, 4) is 0 Å². The van der Waals surface area contributed by atoms with E-state index in [-0.39, 0.29) is 42.7 Å². The van der Waals surface area contributed by atoms with Crippen molar-refractivity contribution in [3.63, 3.8) is 0 Å². The average Bonchev–Trinajstić information content (AvgIpc) is 2.63. The first-order valence-corrected chi connectivity index (χ1v) is 6.65. The van der Waals surface area contributed by atoms with Crippen molar-refractivity contribution >= 4 is 24.2 Å². The molecule has 1 aliphatic heterocycles. The topological polar surface area (TPSA) is 75.4 Å². The molecule has 3 atom stereocenters. The van der Waals surface area contributed by atoms with E-state index in [1.165, 1.54) is 0 Å². The molecular formula is C13H26ClN3O2. The predicted molar refractivity (Wildman–Crippen MR) is 78.0 cm³/mol. The fourth-order valence-corrected chi connectivity index (χ4v) is 2.33. The summed E-state index contributed by atoms with van der Waals surface area (Å²) in [7, 11) is 0. The van der Waals surface area contributed by atoms with Crippen molar-refractivity contribution < 1.29 is 9.59 Å². The molecule has 1 heterocycles. The van der Waals surface area contributed by atoms with Crippen LogP contribution in [-0.2, 0) is 9.59 Å². The number of hydrogen-bond donors (Lipinski definition) is 2. The lowest BCUT2D eigenvalue weighted by atomic mass is 10.1. The number of likely N-dealkylation sites (tertiary alicyclic amines) is 1. The van der Waals surface area contributed by atoms with E-state index in [0.29, 0.717) is 5.92 Å². The van der Waals surface area contributed by atoms with Crippen LogP contribution in [0, 0.1) is 11.8 Å². The van der Waals surface area contributed by atoms with Gasteiger partial charge < -0.3 is 16.0 Å². The summed E-state index contributed by atoms with van der Waals surface area (Å²) in [5.41, 5.74) is 5.71. The maximum absolute atomic E-state index is 12.0. The first kappa shape index (κ1) is 18.2. The molecule has 0 aliphatic carbocycles. The summed E-state index contributed by atoms with van der Waals surface area (Å²) >= 11 is 0. The molecule has 0 spiro atoms. The Morgan fingerprint density at radius 2 is 1.95 bits per heavy atom. The van der Waals surface area contributed by atoms with Crippen molar-refractivity contribution in [1.82, 2.24) is 10.2 Å². The van der Waals surface area contributed by atoms with E-state index in [0.717, 1.165) is 13.0 Å². The second-order valence-corrected chi connectivity index (χ2v) is 5.72. The molecule has 1 rings (SSSR count). The van der Waals surface area contributed by atoms with Crippen LogP contribution in [-0.4, -0.2) is 41.9 Å². The quantitative estimate of drug-likeness (QED) is 0.803. The molecular weight excluding hydrogens is 266 g/mol.